The lowest BCUT2D eigenvalue weighted by atomic mass is 10.2. The van der Waals surface area contributed by atoms with E-state index in [9.17, 15) is 13.2 Å². The SMILES string of the molecule is COc1ccc(OCC(C)NC(=O)c2cccc(S(=O)(=O)N3CCCCCC3)c2)cc1. The van der Waals surface area contributed by atoms with E-state index < -0.39 is 10.0 Å². The molecule has 8 heteroatoms. The molecule has 1 amide bonds. The van der Waals surface area contributed by atoms with Gasteiger partial charge >= 0.3 is 0 Å². The van der Waals surface area contributed by atoms with Gasteiger partial charge in [0.15, 0.2) is 0 Å². The minimum atomic E-state index is -3.60. The lowest BCUT2D eigenvalue weighted by Gasteiger charge is -2.20. The Morgan fingerprint density at radius 2 is 1.68 bits per heavy atom. The Morgan fingerprint density at radius 1 is 1.03 bits per heavy atom. The lowest BCUT2D eigenvalue weighted by molar-refractivity contribution is 0.0926. The molecule has 168 valence electrons. The van der Waals surface area contributed by atoms with Gasteiger partial charge in [0.25, 0.3) is 5.91 Å². The second-order valence-electron chi connectivity index (χ2n) is 7.71. The zero-order valence-electron chi connectivity index (χ0n) is 18.0. The highest BCUT2D eigenvalue weighted by Gasteiger charge is 2.26. The van der Waals surface area contributed by atoms with Crippen LogP contribution < -0.4 is 14.8 Å². The van der Waals surface area contributed by atoms with Crippen molar-refractivity contribution in [3.63, 3.8) is 0 Å². The van der Waals surface area contributed by atoms with Gasteiger partial charge in [-0.15, -0.1) is 0 Å². The number of hydrogen-bond acceptors (Lipinski definition) is 5. The third-order valence-corrected chi connectivity index (χ3v) is 7.13. The molecule has 1 atom stereocenters. The summed E-state index contributed by atoms with van der Waals surface area (Å²) in [5.41, 5.74) is 0.312. The molecule has 31 heavy (non-hydrogen) atoms. The number of carbonyl (C=O) groups is 1. The van der Waals surface area contributed by atoms with Crippen LogP contribution in [-0.2, 0) is 10.0 Å². The van der Waals surface area contributed by atoms with Crippen LogP contribution in [0.1, 0.15) is 43.0 Å². The van der Waals surface area contributed by atoms with E-state index in [4.69, 9.17) is 9.47 Å². The summed E-state index contributed by atoms with van der Waals surface area (Å²) in [6.07, 6.45) is 3.83. The molecular weight excluding hydrogens is 416 g/mol. The summed E-state index contributed by atoms with van der Waals surface area (Å²) in [6.45, 7) is 3.17. The molecule has 1 aliphatic heterocycles. The molecule has 2 aromatic rings. The monoisotopic (exact) mass is 446 g/mol. The summed E-state index contributed by atoms with van der Waals surface area (Å²) in [4.78, 5) is 12.8. The second-order valence-corrected chi connectivity index (χ2v) is 9.65. The van der Waals surface area contributed by atoms with Gasteiger partial charge in [-0.1, -0.05) is 18.9 Å². The van der Waals surface area contributed by atoms with Gasteiger partial charge in [-0.2, -0.15) is 4.31 Å². The maximum absolute atomic E-state index is 13.0. The first-order chi connectivity index (χ1) is 14.9. The highest BCUT2D eigenvalue weighted by atomic mass is 32.2. The lowest BCUT2D eigenvalue weighted by Crippen LogP contribution is -2.37. The zero-order valence-corrected chi connectivity index (χ0v) is 18.9. The third kappa shape index (κ3) is 6.21. The molecule has 0 aromatic heterocycles. The molecule has 7 nitrogen and oxygen atoms in total. The number of hydrogen-bond donors (Lipinski definition) is 1. The van der Waals surface area contributed by atoms with Crippen LogP contribution in [0.2, 0.25) is 0 Å². The molecule has 0 bridgehead atoms. The number of methoxy groups -OCH3 is 1. The van der Waals surface area contributed by atoms with E-state index >= 15 is 0 Å². The van der Waals surface area contributed by atoms with Crippen LogP contribution >= 0.6 is 0 Å². The van der Waals surface area contributed by atoms with Gasteiger partial charge in [0.2, 0.25) is 10.0 Å². The Hall–Kier alpha value is -2.58. The minimum absolute atomic E-state index is 0.157. The summed E-state index contributed by atoms with van der Waals surface area (Å²) >= 11 is 0. The van der Waals surface area contributed by atoms with Crippen molar-refractivity contribution in [3.8, 4) is 11.5 Å². The first-order valence-corrected chi connectivity index (χ1v) is 12.0. The highest BCUT2D eigenvalue weighted by molar-refractivity contribution is 7.89. The van der Waals surface area contributed by atoms with Crippen LogP contribution in [0.5, 0.6) is 11.5 Å². The van der Waals surface area contributed by atoms with Crippen LogP contribution in [0.25, 0.3) is 0 Å². The van der Waals surface area contributed by atoms with Crippen LogP contribution in [0.3, 0.4) is 0 Å². The fraction of sp³-hybridized carbons (Fsp3) is 0.435. The summed E-state index contributed by atoms with van der Waals surface area (Å²) in [5.74, 6) is 1.08. The molecule has 1 unspecified atom stereocenters. The summed E-state index contributed by atoms with van der Waals surface area (Å²) in [7, 11) is -2.00. The molecule has 0 radical (unpaired) electrons. The molecule has 1 fully saturated rings. The Bertz CT molecular complexity index is 968. The maximum atomic E-state index is 13.0. The van der Waals surface area contributed by atoms with Gasteiger partial charge in [-0.05, 0) is 62.2 Å². The normalized spacial score (nSPS) is 16.2. The van der Waals surface area contributed by atoms with E-state index in [1.165, 1.54) is 10.4 Å². The topological polar surface area (TPSA) is 84.9 Å². The Balaban J connectivity index is 1.61. The molecule has 1 N–H and O–H groups in total. The van der Waals surface area contributed by atoms with Crippen molar-refractivity contribution in [3.05, 3.63) is 54.1 Å². The van der Waals surface area contributed by atoms with Crippen LogP contribution in [0.15, 0.2) is 53.4 Å². The predicted octanol–water partition coefficient (Wildman–Crippen LogP) is 3.46. The molecule has 2 aromatic carbocycles. The number of ether oxygens (including phenoxy) is 2. The van der Waals surface area contributed by atoms with E-state index in [2.05, 4.69) is 5.32 Å². The Labute approximate surface area is 184 Å². The largest absolute Gasteiger partial charge is 0.497 e. The first kappa shape index (κ1) is 23.1. The summed E-state index contributed by atoms with van der Waals surface area (Å²) < 4.78 is 38.4. The van der Waals surface area contributed by atoms with Gasteiger partial charge in [-0.25, -0.2) is 8.42 Å². The summed E-state index contributed by atoms with van der Waals surface area (Å²) in [6, 6.07) is 13.2. The fourth-order valence-corrected chi connectivity index (χ4v) is 5.03. The number of nitrogens with one attached hydrogen (secondary N) is 1. The Morgan fingerprint density at radius 3 is 2.32 bits per heavy atom. The highest BCUT2D eigenvalue weighted by Crippen LogP contribution is 2.21. The van der Waals surface area contributed by atoms with E-state index in [0.717, 1.165) is 31.4 Å². The van der Waals surface area contributed by atoms with Crippen molar-refractivity contribution in [2.45, 2.75) is 43.5 Å². The molecule has 3 rings (SSSR count). The average molecular weight is 447 g/mol. The molecular formula is C23H30N2O5S. The van der Waals surface area contributed by atoms with Crippen molar-refractivity contribution in [1.82, 2.24) is 9.62 Å². The number of nitrogens with zero attached hydrogens (tertiary/aromatic N) is 1. The number of carbonyl (C=O) groups excluding carboxylic acids is 1. The average Bonchev–Trinajstić information content (AvgIpc) is 3.08. The molecule has 0 aliphatic carbocycles. The van der Waals surface area contributed by atoms with E-state index in [1.807, 2.05) is 6.92 Å². The van der Waals surface area contributed by atoms with E-state index in [1.54, 1.807) is 49.6 Å². The van der Waals surface area contributed by atoms with Gasteiger partial charge in [-0.3, -0.25) is 4.79 Å². The van der Waals surface area contributed by atoms with E-state index in [0.29, 0.717) is 24.4 Å². The number of rotatable bonds is 8. The van der Waals surface area contributed by atoms with Crippen molar-refractivity contribution >= 4 is 15.9 Å². The van der Waals surface area contributed by atoms with Gasteiger partial charge in [0.1, 0.15) is 18.1 Å². The number of sulfonamides is 1. The Kier molecular flexibility index (Phi) is 7.92. The predicted molar refractivity (Wildman–Crippen MR) is 119 cm³/mol. The van der Waals surface area contributed by atoms with Crippen molar-refractivity contribution < 1.29 is 22.7 Å². The number of benzene rings is 2. The molecule has 1 heterocycles. The van der Waals surface area contributed by atoms with Crippen molar-refractivity contribution in [1.29, 1.82) is 0 Å². The van der Waals surface area contributed by atoms with E-state index in [-0.39, 0.29) is 23.5 Å². The van der Waals surface area contributed by atoms with Gasteiger partial charge in [0, 0.05) is 18.7 Å². The maximum Gasteiger partial charge on any atom is 0.251 e. The van der Waals surface area contributed by atoms with Crippen molar-refractivity contribution in [2.24, 2.45) is 0 Å². The number of amides is 1. The molecule has 1 aliphatic rings. The van der Waals surface area contributed by atoms with Crippen LogP contribution in [0.4, 0.5) is 0 Å². The quantitative estimate of drug-likeness (QED) is 0.671. The van der Waals surface area contributed by atoms with Crippen molar-refractivity contribution in [2.75, 3.05) is 26.8 Å². The second kappa shape index (κ2) is 10.6. The minimum Gasteiger partial charge on any atom is -0.497 e. The first-order valence-electron chi connectivity index (χ1n) is 10.6. The molecule has 1 saturated heterocycles. The van der Waals surface area contributed by atoms with Gasteiger partial charge in [0.05, 0.1) is 18.0 Å². The summed E-state index contributed by atoms with van der Waals surface area (Å²) in [5, 5.41) is 2.86. The molecule has 0 saturated carbocycles. The van der Waals surface area contributed by atoms with Crippen LogP contribution in [0, 0.1) is 0 Å². The fourth-order valence-electron chi connectivity index (χ4n) is 3.47. The third-order valence-electron chi connectivity index (χ3n) is 5.24. The molecule has 0 spiro atoms. The standard InChI is InChI=1S/C23H30N2O5S/c1-18(17-30-21-12-10-20(29-2)11-13-21)24-23(26)19-8-7-9-22(16-19)31(27,28)25-14-5-3-4-6-15-25/h7-13,16,18H,3-6,14-15,17H2,1-2H3,(H,24,26). The van der Waals surface area contributed by atoms with Crippen LogP contribution in [-0.4, -0.2) is 51.5 Å². The zero-order chi connectivity index (χ0) is 22.3. The smallest absolute Gasteiger partial charge is 0.251 e. The van der Waals surface area contributed by atoms with Gasteiger partial charge < -0.3 is 14.8 Å².